The Morgan fingerprint density at radius 2 is 2.00 bits per heavy atom. The van der Waals surface area contributed by atoms with E-state index in [9.17, 15) is 13.2 Å². The van der Waals surface area contributed by atoms with Crippen LogP contribution in [-0.4, -0.2) is 29.7 Å². The summed E-state index contributed by atoms with van der Waals surface area (Å²) in [4.78, 5) is 9.10. The van der Waals surface area contributed by atoms with E-state index >= 15 is 0 Å². The normalized spacial score (nSPS) is 11.6. The predicted octanol–water partition coefficient (Wildman–Crippen LogP) is 2.80. The Kier molecular flexibility index (Phi) is 4.12. The van der Waals surface area contributed by atoms with Crippen LogP contribution in [0.1, 0.15) is 12.7 Å². The molecule has 0 aliphatic rings. The Balaban J connectivity index is 2.90. The number of hydrogen-bond acceptors (Lipinski definition) is 3. The first-order valence-electron chi connectivity index (χ1n) is 4.63. The monoisotopic (exact) mass is 297 g/mol. The summed E-state index contributed by atoms with van der Waals surface area (Å²) in [6.07, 6.45) is -3.66. The molecule has 16 heavy (non-hydrogen) atoms. The van der Waals surface area contributed by atoms with Gasteiger partial charge in [-0.05, 0) is 15.9 Å². The minimum absolute atomic E-state index is 0.260. The van der Waals surface area contributed by atoms with Gasteiger partial charge in [0.2, 0.25) is 0 Å². The fourth-order valence-electron chi connectivity index (χ4n) is 1.16. The maximum absolute atomic E-state index is 12.2. The Bertz CT molecular complexity index is 368. The molecule has 0 unspecified atom stereocenters. The van der Waals surface area contributed by atoms with Crippen LogP contribution in [-0.2, 0) is 6.42 Å². The summed E-state index contributed by atoms with van der Waals surface area (Å²) in [5.41, 5.74) is 0. The fraction of sp³-hybridized carbons (Fsp3) is 0.556. The zero-order chi connectivity index (χ0) is 12.3. The quantitative estimate of drug-likeness (QED) is 0.804. The molecular formula is C9H11BrF3N3. The maximum atomic E-state index is 12.2. The number of halogens is 4. The van der Waals surface area contributed by atoms with E-state index in [1.54, 1.807) is 0 Å². The Labute approximate surface area is 99.8 Å². The van der Waals surface area contributed by atoms with Gasteiger partial charge in [0.25, 0.3) is 0 Å². The molecule has 1 heterocycles. The molecule has 1 aromatic rings. The van der Waals surface area contributed by atoms with Crippen molar-refractivity contribution in [2.24, 2.45) is 0 Å². The van der Waals surface area contributed by atoms with E-state index in [1.807, 2.05) is 6.92 Å². The number of rotatable bonds is 3. The van der Waals surface area contributed by atoms with Crippen LogP contribution >= 0.6 is 15.9 Å². The van der Waals surface area contributed by atoms with E-state index in [-0.39, 0.29) is 5.82 Å². The molecule has 0 aliphatic carbocycles. The fourth-order valence-corrected chi connectivity index (χ4v) is 1.56. The van der Waals surface area contributed by atoms with Crippen LogP contribution in [0.4, 0.5) is 19.0 Å². The number of nitrogens with zero attached hydrogens (tertiary/aromatic N) is 3. The van der Waals surface area contributed by atoms with Gasteiger partial charge in [-0.25, -0.2) is 9.97 Å². The van der Waals surface area contributed by atoms with Crippen molar-refractivity contribution in [3.63, 3.8) is 0 Å². The lowest BCUT2D eigenvalue weighted by atomic mass is 10.4. The smallest absolute Gasteiger partial charge is 0.350 e. The molecule has 0 saturated heterocycles. The van der Waals surface area contributed by atoms with Gasteiger partial charge in [0, 0.05) is 19.5 Å². The number of aryl methyl sites for hydroxylation is 1. The molecule has 0 fully saturated rings. The lowest BCUT2D eigenvalue weighted by Gasteiger charge is -2.20. The van der Waals surface area contributed by atoms with E-state index in [4.69, 9.17) is 0 Å². The van der Waals surface area contributed by atoms with Crippen LogP contribution in [0, 0.1) is 0 Å². The number of aromatic nitrogens is 2. The van der Waals surface area contributed by atoms with Crippen LogP contribution in [0.3, 0.4) is 0 Å². The third-order valence-electron chi connectivity index (χ3n) is 1.85. The van der Waals surface area contributed by atoms with Crippen molar-refractivity contribution < 1.29 is 13.2 Å². The van der Waals surface area contributed by atoms with Crippen molar-refractivity contribution in [2.45, 2.75) is 19.5 Å². The van der Waals surface area contributed by atoms with Crippen molar-refractivity contribution in [1.29, 1.82) is 0 Å². The summed E-state index contributed by atoms with van der Waals surface area (Å²) >= 11 is 3.14. The highest BCUT2D eigenvalue weighted by atomic mass is 79.9. The van der Waals surface area contributed by atoms with Crippen molar-refractivity contribution in [3.05, 3.63) is 16.5 Å². The molecule has 0 aliphatic heterocycles. The molecule has 1 rings (SSSR count). The van der Waals surface area contributed by atoms with Crippen molar-refractivity contribution in [2.75, 3.05) is 18.5 Å². The predicted molar refractivity (Wildman–Crippen MR) is 58.4 cm³/mol. The van der Waals surface area contributed by atoms with E-state index in [0.717, 1.165) is 4.90 Å². The standard InChI is InChI=1S/C9H11BrF3N3/c1-3-7-14-6(10)4-8(15-7)16(2)5-9(11,12)13/h4H,3,5H2,1-2H3. The molecule has 0 spiro atoms. The molecule has 0 atom stereocenters. The van der Waals surface area contributed by atoms with E-state index < -0.39 is 12.7 Å². The SMILES string of the molecule is CCc1nc(Br)cc(N(C)CC(F)(F)F)n1. The van der Waals surface area contributed by atoms with Gasteiger partial charge >= 0.3 is 6.18 Å². The molecule has 0 amide bonds. The molecule has 0 radical (unpaired) electrons. The average Bonchev–Trinajstić information content (AvgIpc) is 2.14. The second-order valence-corrected chi connectivity index (χ2v) is 4.10. The van der Waals surface area contributed by atoms with Crippen LogP contribution in [0.2, 0.25) is 0 Å². The van der Waals surface area contributed by atoms with Gasteiger partial charge in [0.05, 0.1) is 0 Å². The molecular weight excluding hydrogens is 287 g/mol. The lowest BCUT2D eigenvalue weighted by Crippen LogP contribution is -2.31. The summed E-state index contributed by atoms with van der Waals surface area (Å²) in [7, 11) is 1.35. The maximum Gasteiger partial charge on any atom is 0.405 e. The van der Waals surface area contributed by atoms with E-state index in [2.05, 4.69) is 25.9 Å². The Morgan fingerprint density at radius 1 is 1.38 bits per heavy atom. The Hall–Kier alpha value is -0.850. The lowest BCUT2D eigenvalue weighted by molar-refractivity contribution is -0.119. The van der Waals surface area contributed by atoms with Gasteiger partial charge in [-0.15, -0.1) is 0 Å². The van der Waals surface area contributed by atoms with Gasteiger partial charge in [-0.2, -0.15) is 13.2 Å². The summed E-state index contributed by atoms with van der Waals surface area (Å²) in [5.74, 6) is 0.773. The molecule has 0 bridgehead atoms. The summed E-state index contributed by atoms with van der Waals surface area (Å²) in [6.45, 7) is 0.814. The summed E-state index contributed by atoms with van der Waals surface area (Å²) < 4.78 is 37.0. The van der Waals surface area contributed by atoms with Crippen LogP contribution in [0.5, 0.6) is 0 Å². The van der Waals surface area contributed by atoms with Crippen LogP contribution in [0.25, 0.3) is 0 Å². The number of hydrogen-bond donors (Lipinski definition) is 0. The van der Waals surface area contributed by atoms with E-state index in [1.165, 1.54) is 13.1 Å². The first-order chi connectivity index (χ1) is 7.31. The molecule has 0 N–H and O–H groups in total. The molecule has 90 valence electrons. The zero-order valence-corrected chi connectivity index (χ0v) is 10.4. The highest BCUT2D eigenvalue weighted by molar-refractivity contribution is 9.10. The number of alkyl halides is 3. The van der Waals surface area contributed by atoms with Crippen molar-refractivity contribution in [3.8, 4) is 0 Å². The second-order valence-electron chi connectivity index (χ2n) is 3.29. The van der Waals surface area contributed by atoms with Gasteiger partial charge in [0.1, 0.15) is 22.8 Å². The largest absolute Gasteiger partial charge is 0.405 e. The molecule has 0 aromatic carbocycles. The average molecular weight is 298 g/mol. The molecule has 7 heteroatoms. The highest BCUT2D eigenvalue weighted by Crippen LogP contribution is 2.21. The zero-order valence-electron chi connectivity index (χ0n) is 8.85. The Morgan fingerprint density at radius 3 is 2.50 bits per heavy atom. The summed E-state index contributed by atoms with van der Waals surface area (Å²) in [5, 5.41) is 0. The molecule has 0 saturated carbocycles. The van der Waals surface area contributed by atoms with Gasteiger partial charge in [0.15, 0.2) is 0 Å². The number of anilines is 1. The minimum atomic E-state index is -4.24. The topological polar surface area (TPSA) is 29.0 Å². The summed E-state index contributed by atoms with van der Waals surface area (Å²) in [6, 6.07) is 1.46. The van der Waals surface area contributed by atoms with Crippen LogP contribution in [0.15, 0.2) is 10.7 Å². The molecule has 1 aromatic heterocycles. The second kappa shape index (κ2) is 4.99. The van der Waals surface area contributed by atoms with Crippen molar-refractivity contribution >= 4 is 21.7 Å². The van der Waals surface area contributed by atoms with Gasteiger partial charge in [-0.1, -0.05) is 6.92 Å². The first-order valence-corrected chi connectivity index (χ1v) is 5.42. The first kappa shape index (κ1) is 13.2. The third kappa shape index (κ3) is 3.96. The van der Waals surface area contributed by atoms with Crippen molar-refractivity contribution in [1.82, 2.24) is 9.97 Å². The molecule has 3 nitrogen and oxygen atoms in total. The van der Waals surface area contributed by atoms with Gasteiger partial charge < -0.3 is 4.90 Å². The minimum Gasteiger partial charge on any atom is -0.350 e. The van der Waals surface area contributed by atoms with E-state index in [0.29, 0.717) is 16.8 Å². The third-order valence-corrected chi connectivity index (χ3v) is 2.26. The van der Waals surface area contributed by atoms with Crippen LogP contribution < -0.4 is 4.90 Å². The highest BCUT2D eigenvalue weighted by Gasteiger charge is 2.30. The van der Waals surface area contributed by atoms with Gasteiger partial charge in [-0.3, -0.25) is 0 Å².